The number of carbonyl (C=O) groups is 1. The fourth-order valence-corrected chi connectivity index (χ4v) is 3.25. The zero-order chi connectivity index (χ0) is 18.4. The lowest BCUT2D eigenvalue weighted by Gasteiger charge is -2.24. The minimum absolute atomic E-state index is 0.0611. The Morgan fingerprint density at radius 2 is 2.12 bits per heavy atom. The third-order valence-corrected chi connectivity index (χ3v) is 4.85. The average Bonchev–Trinajstić information content (AvgIpc) is 3.13. The molecule has 2 aromatic rings. The van der Waals surface area contributed by atoms with Gasteiger partial charge in [-0.05, 0) is 37.1 Å². The molecule has 2 heterocycles. The topological polar surface area (TPSA) is 90.4 Å². The number of amides is 1. The minimum Gasteiger partial charge on any atom is -0.394 e. The van der Waals surface area contributed by atoms with Crippen molar-refractivity contribution in [3.05, 3.63) is 41.1 Å². The summed E-state index contributed by atoms with van der Waals surface area (Å²) in [6.07, 6.45) is 3.86. The highest BCUT2D eigenvalue weighted by molar-refractivity contribution is 9.10. The Labute approximate surface area is 161 Å². The maximum atomic E-state index is 12.0. The van der Waals surface area contributed by atoms with Gasteiger partial charge >= 0.3 is 0 Å². The van der Waals surface area contributed by atoms with Gasteiger partial charge in [0.2, 0.25) is 5.91 Å². The molecule has 0 aliphatic carbocycles. The van der Waals surface area contributed by atoms with Crippen molar-refractivity contribution in [1.82, 2.24) is 9.97 Å². The number of hydrogen-bond donors (Lipinski definition) is 3. The van der Waals surface area contributed by atoms with E-state index in [0.717, 1.165) is 35.4 Å². The number of aromatic nitrogens is 2. The van der Waals surface area contributed by atoms with Crippen molar-refractivity contribution in [2.45, 2.75) is 25.3 Å². The van der Waals surface area contributed by atoms with Crippen LogP contribution in [0.15, 0.2) is 41.1 Å². The molecule has 3 rings (SSSR count). The molecule has 0 bridgehead atoms. The number of carbonyl (C=O) groups excluding carboxylic acids is 1. The monoisotopic (exact) mass is 419 g/mol. The molecule has 0 radical (unpaired) electrons. The number of rotatable bonds is 7. The second kappa shape index (κ2) is 8.95. The Morgan fingerprint density at radius 3 is 2.88 bits per heavy atom. The number of nitrogens with zero attached hydrogens (tertiary/aromatic N) is 3. The van der Waals surface area contributed by atoms with Crippen LogP contribution in [0.1, 0.15) is 19.3 Å². The Kier molecular flexibility index (Phi) is 6.40. The number of nitrogens with one attached hydrogen (secondary N) is 2. The van der Waals surface area contributed by atoms with E-state index >= 15 is 0 Å². The highest BCUT2D eigenvalue weighted by Gasteiger charge is 2.25. The summed E-state index contributed by atoms with van der Waals surface area (Å²) in [6.45, 7) is 1.49. The molecule has 1 atom stereocenters. The molecule has 1 saturated heterocycles. The first kappa shape index (κ1) is 18.6. The first-order chi connectivity index (χ1) is 12.7. The van der Waals surface area contributed by atoms with Gasteiger partial charge in [0.1, 0.15) is 18.0 Å². The smallest absolute Gasteiger partial charge is 0.226 e. The Bertz CT molecular complexity index is 741. The van der Waals surface area contributed by atoms with E-state index in [1.165, 1.54) is 6.33 Å². The molecule has 3 N–H and O–H groups in total. The Balaban J connectivity index is 1.49. The van der Waals surface area contributed by atoms with Crippen LogP contribution in [0.5, 0.6) is 0 Å². The molecule has 1 fully saturated rings. The standard InChI is InChI=1S/C18H22BrN5O2/c19-13-3-5-14(6-4-13)23-18(26)7-8-20-16-10-17(22-12-21-16)24-9-1-2-15(24)11-25/h3-6,10,12,15,25H,1-2,7-9,11H2,(H,23,26)(H,20,21,22). The number of aliphatic hydroxyl groups is 1. The normalized spacial score (nSPS) is 16.5. The first-order valence-corrected chi connectivity index (χ1v) is 9.44. The fraction of sp³-hybridized carbons (Fsp3) is 0.389. The van der Waals surface area contributed by atoms with Crippen LogP contribution >= 0.6 is 15.9 Å². The van der Waals surface area contributed by atoms with Crippen molar-refractivity contribution in [2.75, 3.05) is 35.2 Å². The lowest BCUT2D eigenvalue weighted by Crippen LogP contribution is -2.32. The van der Waals surface area contributed by atoms with Crippen LogP contribution in [0, 0.1) is 0 Å². The van der Waals surface area contributed by atoms with E-state index in [9.17, 15) is 9.90 Å². The van der Waals surface area contributed by atoms with Gasteiger partial charge in [-0.2, -0.15) is 0 Å². The first-order valence-electron chi connectivity index (χ1n) is 8.64. The molecule has 8 heteroatoms. The molecular formula is C18H22BrN5O2. The quantitative estimate of drug-likeness (QED) is 0.638. The lowest BCUT2D eigenvalue weighted by molar-refractivity contribution is -0.115. The van der Waals surface area contributed by atoms with Gasteiger partial charge in [0.25, 0.3) is 0 Å². The SMILES string of the molecule is O=C(CCNc1cc(N2CCCC2CO)ncn1)Nc1ccc(Br)cc1. The Morgan fingerprint density at radius 1 is 1.31 bits per heavy atom. The van der Waals surface area contributed by atoms with Crippen molar-refractivity contribution in [3.63, 3.8) is 0 Å². The third kappa shape index (κ3) is 4.92. The number of aliphatic hydroxyl groups excluding tert-OH is 1. The Hall–Kier alpha value is -2.19. The molecule has 26 heavy (non-hydrogen) atoms. The van der Waals surface area contributed by atoms with E-state index in [-0.39, 0.29) is 18.6 Å². The number of anilines is 3. The van der Waals surface area contributed by atoms with E-state index in [4.69, 9.17) is 0 Å². The number of halogens is 1. The number of benzene rings is 1. The molecule has 1 unspecified atom stereocenters. The van der Waals surface area contributed by atoms with Crippen molar-refractivity contribution in [3.8, 4) is 0 Å². The molecule has 0 spiro atoms. The van der Waals surface area contributed by atoms with E-state index < -0.39 is 0 Å². The van der Waals surface area contributed by atoms with Gasteiger partial charge in [-0.15, -0.1) is 0 Å². The summed E-state index contributed by atoms with van der Waals surface area (Å²) < 4.78 is 0.971. The van der Waals surface area contributed by atoms with Crippen molar-refractivity contribution in [1.29, 1.82) is 0 Å². The second-order valence-corrected chi connectivity index (χ2v) is 7.08. The third-order valence-electron chi connectivity index (χ3n) is 4.32. The zero-order valence-corrected chi connectivity index (χ0v) is 15.9. The van der Waals surface area contributed by atoms with Crippen LogP contribution in [-0.4, -0.2) is 46.7 Å². The summed E-state index contributed by atoms with van der Waals surface area (Å²) >= 11 is 3.37. The maximum absolute atomic E-state index is 12.0. The summed E-state index contributed by atoms with van der Waals surface area (Å²) in [6, 6.07) is 9.44. The van der Waals surface area contributed by atoms with Crippen molar-refractivity contribution < 1.29 is 9.90 Å². The lowest BCUT2D eigenvalue weighted by atomic mass is 10.2. The molecule has 1 aromatic heterocycles. The van der Waals surface area contributed by atoms with E-state index in [0.29, 0.717) is 18.8 Å². The molecule has 1 aromatic carbocycles. The van der Waals surface area contributed by atoms with Gasteiger partial charge in [0.05, 0.1) is 12.6 Å². The van der Waals surface area contributed by atoms with Crippen LogP contribution in [0.3, 0.4) is 0 Å². The van der Waals surface area contributed by atoms with E-state index in [1.807, 2.05) is 30.3 Å². The summed E-state index contributed by atoms with van der Waals surface area (Å²) in [4.78, 5) is 22.6. The van der Waals surface area contributed by atoms with E-state index in [2.05, 4.69) is 41.4 Å². The second-order valence-electron chi connectivity index (χ2n) is 6.17. The molecule has 7 nitrogen and oxygen atoms in total. The minimum atomic E-state index is -0.0611. The van der Waals surface area contributed by atoms with Gasteiger partial charge in [0.15, 0.2) is 0 Å². The number of hydrogen-bond acceptors (Lipinski definition) is 6. The molecule has 1 aliphatic rings. The largest absolute Gasteiger partial charge is 0.394 e. The summed E-state index contributed by atoms with van der Waals surface area (Å²) in [7, 11) is 0. The van der Waals surface area contributed by atoms with Gasteiger partial charge in [-0.25, -0.2) is 9.97 Å². The van der Waals surface area contributed by atoms with E-state index in [1.54, 1.807) is 0 Å². The van der Waals surface area contributed by atoms with Gasteiger partial charge < -0.3 is 20.6 Å². The van der Waals surface area contributed by atoms with Crippen LogP contribution in [0.4, 0.5) is 17.3 Å². The molecule has 138 valence electrons. The molecule has 1 amide bonds. The van der Waals surface area contributed by atoms with Crippen LogP contribution in [0.25, 0.3) is 0 Å². The molecular weight excluding hydrogens is 398 g/mol. The highest BCUT2D eigenvalue weighted by atomic mass is 79.9. The summed E-state index contributed by atoms with van der Waals surface area (Å²) in [5, 5.41) is 15.5. The highest BCUT2D eigenvalue weighted by Crippen LogP contribution is 2.24. The maximum Gasteiger partial charge on any atom is 0.226 e. The fourth-order valence-electron chi connectivity index (χ4n) is 2.99. The molecule has 1 aliphatic heterocycles. The van der Waals surface area contributed by atoms with Crippen molar-refractivity contribution >= 4 is 39.2 Å². The summed E-state index contributed by atoms with van der Waals surface area (Å²) in [5.74, 6) is 1.42. The van der Waals surface area contributed by atoms with Crippen LogP contribution in [-0.2, 0) is 4.79 Å². The molecule has 0 saturated carbocycles. The average molecular weight is 420 g/mol. The van der Waals surface area contributed by atoms with Gasteiger partial charge in [0, 0.05) is 35.7 Å². The summed E-state index contributed by atoms with van der Waals surface area (Å²) in [5.41, 5.74) is 0.770. The predicted octanol–water partition coefficient (Wildman–Crippen LogP) is 2.64. The zero-order valence-electron chi connectivity index (χ0n) is 14.4. The predicted molar refractivity (Wildman–Crippen MR) is 105 cm³/mol. The van der Waals surface area contributed by atoms with Crippen molar-refractivity contribution in [2.24, 2.45) is 0 Å². The van der Waals surface area contributed by atoms with Crippen LogP contribution < -0.4 is 15.5 Å². The van der Waals surface area contributed by atoms with Crippen LogP contribution in [0.2, 0.25) is 0 Å². The van der Waals surface area contributed by atoms with Gasteiger partial charge in [-0.1, -0.05) is 15.9 Å². The van der Waals surface area contributed by atoms with Gasteiger partial charge in [-0.3, -0.25) is 4.79 Å².